The smallest absolute Gasteiger partial charge is 0.121 e. The molecule has 2 fully saturated rings. The summed E-state index contributed by atoms with van der Waals surface area (Å²) in [6.07, 6.45) is 4.46. The minimum absolute atomic E-state index is 0.0176. The molecule has 2 bridgehead atoms. The van der Waals surface area contributed by atoms with Crippen molar-refractivity contribution < 1.29 is 5.11 Å². The second-order valence-corrected chi connectivity index (χ2v) is 8.01. The molecule has 2 aliphatic rings. The first-order chi connectivity index (χ1) is 12.8. The van der Waals surface area contributed by atoms with Gasteiger partial charge in [0.1, 0.15) is 5.82 Å². The largest absolute Gasteiger partial charge is 0.396 e. The van der Waals surface area contributed by atoms with Crippen molar-refractivity contribution in [2.24, 2.45) is 5.41 Å². The SMILES string of the molecule is OC[C@]1(Cc2ccccc2)C[C@@H]2CC[C@H]1N2Cc1nc2ccccc2[nH]1. The van der Waals surface area contributed by atoms with E-state index in [1.54, 1.807) is 0 Å². The van der Waals surface area contributed by atoms with Gasteiger partial charge in [0.25, 0.3) is 0 Å². The molecule has 134 valence electrons. The zero-order chi connectivity index (χ0) is 17.6. The first-order valence-corrected chi connectivity index (χ1v) is 9.62. The Hall–Kier alpha value is -2.17. The molecule has 0 aliphatic carbocycles. The summed E-state index contributed by atoms with van der Waals surface area (Å²) in [5.74, 6) is 1.04. The molecule has 2 saturated heterocycles. The summed E-state index contributed by atoms with van der Waals surface area (Å²) in [7, 11) is 0. The van der Waals surface area contributed by atoms with Gasteiger partial charge in [0, 0.05) is 17.5 Å². The number of hydrogen-bond acceptors (Lipinski definition) is 3. The molecule has 0 radical (unpaired) electrons. The summed E-state index contributed by atoms with van der Waals surface area (Å²) in [4.78, 5) is 10.8. The number of benzene rings is 2. The lowest BCUT2D eigenvalue weighted by Crippen LogP contribution is -2.41. The second-order valence-electron chi connectivity index (χ2n) is 8.01. The minimum atomic E-state index is -0.0176. The van der Waals surface area contributed by atoms with Gasteiger partial charge in [-0.25, -0.2) is 4.98 Å². The molecule has 3 aromatic rings. The van der Waals surface area contributed by atoms with Crippen LogP contribution >= 0.6 is 0 Å². The molecule has 0 unspecified atom stereocenters. The molecule has 1 aromatic heterocycles. The van der Waals surface area contributed by atoms with E-state index in [0.717, 1.165) is 36.2 Å². The average Bonchev–Trinajstić information content (AvgIpc) is 3.34. The molecule has 3 atom stereocenters. The second kappa shape index (κ2) is 6.22. The van der Waals surface area contributed by atoms with E-state index in [9.17, 15) is 5.11 Å². The van der Waals surface area contributed by atoms with Crippen molar-refractivity contribution in [2.75, 3.05) is 6.61 Å². The summed E-state index contributed by atoms with van der Waals surface area (Å²) < 4.78 is 0. The van der Waals surface area contributed by atoms with Gasteiger partial charge in [-0.1, -0.05) is 42.5 Å². The maximum Gasteiger partial charge on any atom is 0.121 e. The Labute approximate surface area is 153 Å². The third-order valence-electron chi connectivity index (χ3n) is 6.48. The van der Waals surface area contributed by atoms with Crippen LogP contribution in [-0.4, -0.2) is 38.7 Å². The molecule has 2 N–H and O–H groups in total. The molecule has 4 nitrogen and oxygen atoms in total. The number of nitrogens with one attached hydrogen (secondary N) is 1. The van der Waals surface area contributed by atoms with Crippen LogP contribution in [0.2, 0.25) is 0 Å². The Morgan fingerprint density at radius 1 is 1.08 bits per heavy atom. The van der Waals surface area contributed by atoms with Crippen molar-refractivity contribution in [3.63, 3.8) is 0 Å². The van der Waals surface area contributed by atoms with Crippen molar-refractivity contribution in [3.8, 4) is 0 Å². The molecule has 0 amide bonds. The van der Waals surface area contributed by atoms with E-state index in [-0.39, 0.29) is 12.0 Å². The number of aliphatic hydroxyl groups excluding tert-OH is 1. The first-order valence-electron chi connectivity index (χ1n) is 9.62. The molecule has 26 heavy (non-hydrogen) atoms. The van der Waals surface area contributed by atoms with Crippen molar-refractivity contribution in [3.05, 3.63) is 66.0 Å². The van der Waals surface area contributed by atoms with E-state index in [1.165, 1.54) is 18.4 Å². The zero-order valence-corrected chi connectivity index (χ0v) is 14.9. The predicted molar refractivity (Wildman–Crippen MR) is 103 cm³/mol. The van der Waals surface area contributed by atoms with Gasteiger partial charge in [0.05, 0.1) is 24.2 Å². The fraction of sp³-hybridized carbons (Fsp3) is 0.409. The number of H-pyrrole nitrogens is 1. The lowest BCUT2D eigenvalue weighted by molar-refractivity contribution is 0.0745. The van der Waals surface area contributed by atoms with Gasteiger partial charge >= 0.3 is 0 Å². The van der Waals surface area contributed by atoms with Gasteiger partial charge in [0.2, 0.25) is 0 Å². The standard InChI is InChI=1S/C22H25N3O/c26-15-22(12-16-6-2-1-3-7-16)13-17-10-11-20(22)25(17)14-21-23-18-8-4-5-9-19(18)24-21/h1-9,17,20,26H,10-15H2,(H,23,24)/t17-,20+,22-/m0/s1. The molecule has 0 spiro atoms. The van der Waals surface area contributed by atoms with Gasteiger partial charge < -0.3 is 10.1 Å². The van der Waals surface area contributed by atoms with Crippen LogP contribution in [0.25, 0.3) is 11.0 Å². The van der Waals surface area contributed by atoms with Crippen LogP contribution in [0.5, 0.6) is 0 Å². The number of para-hydroxylation sites is 2. The van der Waals surface area contributed by atoms with E-state index in [4.69, 9.17) is 4.98 Å². The first kappa shape index (κ1) is 16.0. The number of fused-ring (bicyclic) bond motifs is 3. The van der Waals surface area contributed by atoms with Crippen molar-refractivity contribution in [1.29, 1.82) is 0 Å². The molecule has 2 aliphatic heterocycles. The van der Waals surface area contributed by atoms with Gasteiger partial charge in [-0.2, -0.15) is 0 Å². The molecular formula is C22H25N3O. The Bertz CT molecular complexity index is 873. The third-order valence-corrected chi connectivity index (χ3v) is 6.48. The highest BCUT2D eigenvalue weighted by Crippen LogP contribution is 2.51. The summed E-state index contributed by atoms with van der Waals surface area (Å²) in [5, 5.41) is 10.3. The van der Waals surface area contributed by atoms with E-state index in [2.05, 4.69) is 52.3 Å². The maximum absolute atomic E-state index is 10.3. The zero-order valence-electron chi connectivity index (χ0n) is 14.9. The van der Waals surface area contributed by atoms with Crippen molar-refractivity contribution >= 4 is 11.0 Å². The quantitative estimate of drug-likeness (QED) is 0.742. The molecule has 5 rings (SSSR count). The maximum atomic E-state index is 10.3. The summed E-state index contributed by atoms with van der Waals surface area (Å²) in [6, 6.07) is 19.8. The Morgan fingerprint density at radius 3 is 2.69 bits per heavy atom. The van der Waals surface area contributed by atoms with Crippen LogP contribution in [0, 0.1) is 5.41 Å². The van der Waals surface area contributed by atoms with Crippen LogP contribution in [0.1, 0.15) is 30.7 Å². The fourth-order valence-corrected chi connectivity index (χ4v) is 5.33. The van der Waals surface area contributed by atoms with E-state index in [1.807, 2.05) is 12.1 Å². The fourth-order valence-electron chi connectivity index (χ4n) is 5.33. The molecule has 4 heteroatoms. The lowest BCUT2D eigenvalue weighted by atomic mass is 9.70. The highest BCUT2D eigenvalue weighted by atomic mass is 16.3. The molecule has 3 heterocycles. The van der Waals surface area contributed by atoms with Crippen molar-refractivity contribution in [1.82, 2.24) is 14.9 Å². The van der Waals surface area contributed by atoms with Gasteiger partial charge in [-0.3, -0.25) is 4.90 Å². The number of hydrogen-bond donors (Lipinski definition) is 2. The number of aliphatic hydroxyl groups is 1. The summed E-state index contributed by atoms with van der Waals surface area (Å²) in [5.41, 5.74) is 3.45. The van der Waals surface area contributed by atoms with Crippen LogP contribution < -0.4 is 0 Å². The average molecular weight is 347 g/mol. The van der Waals surface area contributed by atoms with Crippen LogP contribution in [0.15, 0.2) is 54.6 Å². The van der Waals surface area contributed by atoms with E-state index < -0.39 is 0 Å². The third kappa shape index (κ3) is 2.56. The van der Waals surface area contributed by atoms with Gasteiger partial charge in [0.15, 0.2) is 0 Å². The van der Waals surface area contributed by atoms with E-state index >= 15 is 0 Å². The number of aromatic nitrogens is 2. The Balaban J connectivity index is 1.40. The van der Waals surface area contributed by atoms with E-state index in [0.29, 0.717) is 12.1 Å². The van der Waals surface area contributed by atoms with Crippen molar-refractivity contribution in [2.45, 2.75) is 44.3 Å². The topological polar surface area (TPSA) is 52.1 Å². The highest BCUT2D eigenvalue weighted by molar-refractivity contribution is 5.74. The lowest BCUT2D eigenvalue weighted by Gasteiger charge is -2.36. The minimum Gasteiger partial charge on any atom is -0.396 e. The van der Waals surface area contributed by atoms with Crippen LogP contribution in [0.3, 0.4) is 0 Å². The molecule has 2 aromatic carbocycles. The molecular weight excluding hydrogens is 322 g/mol. The van der Waals surface area contributed by atoms with Gasteiger partial charge in [-0.05, 0) is 43.4 Å². The summed E-state index contributed by atoms with van der Waals surface area (Å²) >= 11 is 0. The van der Waals surface area contributed by atoms with Crippen LogP contribution in [0.4, 0.5) is 0 Å². The number of imidazole rings is 1. The Kier molecular flexibility index (Phi) is 3.84. The predicted octanol–water partition coefficient (Wildman–Crippen LogP) is 3.52. The highest BCUT2D eigenvalue weighted by Gasteiger charge is 2.55. The van der Waals surface area contributed by atoms with Crippen LogP contribution in [-0.2, 0) is 13.0 Å². The normalized spacial score (nSPS) is 28.2. The van der Waals surface area contributed by atoms with Gasteiger partial charge in [-0.15, -0.1) is 0 Å². The summed E-state index contributed by atoms with van der Waals surface area (Å²) in [6.45, 7) is 1.11. The monoisotopic (exact) mass is 347 g/mol. The number of nitrogens with zero attached hydrogens (tertiary/aromatic N) is 2. The number of rotatable bonds is 5. The molecule has 0 saturated carbocycles. The number of aromatic amines is 1. The Morgan fingerprint density at radius 2 is 1.88 bits per heavy atom.